The zero-order valence-electron chi connectivity index (χ0n) is 18.0. The first-order valence-electron chi connectivity index (χ1n) is 9.34. The lowest BCUT2D eigenvalue weighted by Gasteiger charge is -2.17. The van der Waals surface area contributed by atoms with Crippen LogP contribution in [0.3, 0.4) is 0 Å². The van der Waals surface area contributed by atoms with Gasteiger partial charge in [0.1, 0.15) is 18.8 Å². The lowest BCUT2D eigenvalue weighted by Crippen LogP contribution is -2.36. The molecule has 0 heterocycles. The van der Waals surface area contributed by atoms with E-state index in [0.29, 0.717) is 5.56 Å². The van der Waals surface area contributed by atoms with Crippen LogP contribution < -0.4 is 15.2 Å². The van der Waals surface area contributed by atoms with Crippen molar-refractivity contribution in [3.63, 3.8) is 0 Å². The van der Waals surface area contributed by atoms with Crippen molar-refractivity contribution in [3.8, 4) is 11.5 Å². The van der Waals surface area contributed by atoms with Crippen LogP contribution in [0.2, 0.25) is 0 Å². The SMILES string of the molecule is COC(=O)Oc1ccc(C[C@H](N)C(=O)OC[C@H](C)OC(=O)C(C)C)cc1OC(=O)OC. The number of carbonyl (C=O) groups is 4. The standard InChI is InChI=1S/C20H27NO10/c1-11(2)17(22)29-12(3)10-28-18(23)14(21)8-13-6-7-15(30-19(24)26-4)16(9-13)31-20(25)27-5/h6-7,9,11-12,14H,8,10,21H2,1-5H3/t12-,14-/m0/s1. The maximum Gasteiger partial charge on any atom is 0.513 e. The summed E-state index contributed by atoms with van der Waals surface area (Å²) < 4.78 is 28.9. The molecule has 0 amide bonds. The van der Waals surface area contributed by atoms with Crippen LogP contribution in [0.1, 0.15) is 26.3 Å². The van der Waals surface area contributed by atoms with Crippen molar-refractivity contribution in [1.29, 1.82) is 0 Å². The molecule has 0 aliphatic carbocycles. The van der Waals surface area contributed by atoms with Crippen molar-refractivity contribution < 1.29 is 47.6 Å². The van der Waals surface area contributed by atoms with Gasteiger partial charge in [-0.25, -0.2) is 9.59 Å². The van der Waals surface area contributed by atoms with Crippen molar-refractivity contribution in [2.75, 3.05) is 20.8 Å². The summed E-state index contributed by atoms with van der Waals surface area (Å²) in [4.78, 5) is 46.5. The Morgan fingerprint density at radius 3 is 2.03 bits per heavy atom. The number of benzene rings is 1. The topological polar surface area (TPSA) is 150 Å². The highest BCUT2D eigenvalue weighted by Crippen LogP contribution is 2.29. The second-order valence-electron chi connectivity index (χ2n) is 6.74. The maximum absolute atomic E-state index is 12.2. The first-order valence-corrected chi connectivity index (χ1v) is 9.34. The largest absolute Gasteiger partial charge is 0.513 e. The smallest absolute Gasteiger partial charge is 0.461 e. The van der Waals surface area contributed by atoms with Gasteiger partial charge >= 0.3 is 24.2 Å². The zero-order valence-corrected chi connectivity index (χ0v) is 18.0. The third kappa shape index (κ3) is 8.91. The van der Waals surface area contributed by atoms with E-state index in [2.05, 4.69) is 9.47 Å². The number of hydrogen-bond donors (Lipinski definition) is 1. The molecule has 0 saturated carbocycles. The van der Waals surface area contributed by atoms with Gasteiger partial charge in [-0.15, -0.1) is 0 Å². The molecule has 0 aromatic heterocycles. The quantitative estimate of drug-likeness (QED) is 0.340. The first kappa shape index (κ1) is 25.7. The molecule has 0 saturated heterocycles. The van der Waals surface area contributed by atoms with Gasteiger partial charge in [-0.2, -0.15) is 0 Å². The van der Waals surface area contributed by atoms with Crippen LogP contribution in [-0.2, 0) is 35.0 Å². The third-order valence-corrected chi connectivity index (χ3v) is 3.74. The highest BCUT2D eigenvalue weighted by atomic mass is 16.7. The minimum Gasteiger partial charge on any atom is -0.461 e. The van der Waals surface area contributed by atoms with Gasteiger partial charge < -0.3 is 34.2 Å². The van der Waals surface area contributed by atoms with E-state index in [4.69, 9.17) is 24.7 Å². The van der Waals surface area contributed by atoms with Crippen LogP contribution in [0.5, 0.6) is 11.5 Å². The molecule has 1 aromatic carbocycles. The fraction of sp³-hybridized carbons (Fsp3) is 0.500. The van der Waals surface area contributed by atoms with E-state index in [1.54, 1.807) is 20.8 Å². The minimum absolute atomic E-state index is 0.0229. The van der Waals surface area contributed by atoms with Crippen LogP contribution in [0.4, 0.5) is 9.59 Å². The highest BCUT2D eigenvalue weighted by Gasteiger charge is 2.21. The number of esters is 2. The summed E-state index contributed by atoms with van der Waals surface area (Å²) in [5.74, 6) is -1.64. The number of nitrogens with two attached hydrogens (primary N) is 1. The molecular formula is C20H27NO10. The van der Waals surface area contributed by atoms with Gasteiger partial charge in [0, 0.05) is 0 Å². The summed E-state index contributed by atoms with van der Waals surface area (Å²) in [5.41, 5.74) is 6.37. The lowest BCUT2D eigenvalue weighted by atomic mass is 10.1. The van der Waals surface area contributed by atoms with Crippen LogP contribution in [0, 0.1) is 5.92 Å². The average molecular weight is 441 g/mol. The Morgan fingerprint density at radius 2 is 1.48 bits per heavy atom. The van der Waals surface area contributed by atoms with Gasteiger partial charge in [0.25, 0.3) is 0 Å². The monoisotopic (exact) mass is 441 g/mol. The molecule has 0 radical (unpaired) electrons. The first-order chi connectivity index (χ1) is 14.6. The molecule has 0 bridgehead atoms. The van der Waals surface area contributed by atoms with Crippen molar-refractivity contribution >= 4 is 24.2 Å². The molecule has 1 rings (SSSR count). The number of rotatable bonds is 9. The van der Waals surface area contributed by atoms with Crippen LogP contribution in [0.15, 0.2) is 18.2 Å². The Labute approximate surface area is 179 Å². The summed E-state index contributed by atoms with van der Waals surface area (Å²) in [6.45, 7) is 4.83. The Kier molecular flexibility index (Phi) is 10.3. The van der Waals surface area contributed by atoms with E-state index in [-0.39, 0.29) is 30.4 Å². The second-order valence-corrected chi connectivity index (χ2v) is 6.74. The van der Waals surface area contributed by atoms with Crippen LogP contribution in [-0.4, -0.2) is 57.2 Å². The van der Waals surface area contributed by atoms with Gasteiger partial charge in [-0.1, -0.05) is 19.9 Å². The molecule has 0 spiro atoms. The number of methoxy groups -OCH3 is 2. The summed E-state index contributed by atoms with van der Waals surface area (Å²) in [6.07, 6.45) is -2.66. The third-order valence-electron chi connectivity index (χ3n) is 3.74. The summed E-state index contributed by atoms with van der Waals surface area (Å²) >= 11 is 0. The van der Waals surface area contributed by atoms with E-state index in [0.717, 1.165) is 14.2 Å². The van der Waals surface area contributed by atoms with Crippen molar-refractivity contribution in [2.45, 2.75) is 39.3 Å². The molecule has 2 N–H and O–H groups in total. The Hall–Kier alpha value is -3.34. The van der Waals surface area contributed by atoms with E-state index in [9.17, 15) is 19.2 Å². The maximum atomic E-state index is 12.2. The van der Waals surface area contributed by atoms with Gasteiger partial charge in [-0.3, -0.25) is 9.59 Å². The molecule has 2 atom stereocenters. The molecule has 31 heavy (non-hydrogen) atoms. The predicted octanol–water partition coefficient (Wildman–Crippen LogP) is 1.98. The van der Waals surface area contributed by atoms with E-state index >= 15 is 0 Å². The van der Waals surface area contributed by atoms with Gasteiger partial charge in [0.2, 0.25) is 0 Å². The molecular weight excluding hydrogens is 414 g/mol. The normalized spacial score (nSPS) is 12.4. The Bertz CT molecular complexity index is 792. The molecule has 0 unspecified atom stereocenters. The van der Waals surface area contributed by atoms with Crippen LogP contribution >= 0.6 is 0 Å². The summed E-state index contributed by atoms with van der Waals surface area (Å²) in [6, 6.07) is 3.17. The zero-order chi connectivity index (χ0) is 23.6. The summed E-state index contributed by atoms with van der Waals surface area (Å²) in [7, 11) is 2.23. The lowest BCUT2D eigenvalue weighted by molar-refractivity contribution is -0.161. The molecule has 0 fully saturated rings. The molecule has 172 valence electrons. The van der Waals surface area contributed by atoms with Crippen molar-refractivity contribution in [2.24, 2.45) is 11.7 Å². The van der Waals surface area contributed by atoms with Crippen LogP contribution in [0.25, 0.3) is 0 Å². The average Bonchev–Trinajstić information content (AvgIpc) is 2.73. The number of hydrogen-bond acceptors (Lipinski definition) is 11. The van der Waals surface area contributed by atoms with Crippen molar-refractivity contribution in [1.82, 2.24) is 0 Å². The Morgan fingerprint density at radius 1 is 0.903 bits per heavy atom. The highest BCUT2D eigenvalue weighted by molar-refractivity contribution is 5.76. The number of carbonyl (C=O) groups excluding carboxylic acids is 4. The molecule has 0 aliphatic heterocycles. The number of ether oxygens (including phenoxy) is 6. The van der Waals surface area contributed by atoms with Crippen molar-refractivity contribution in [3.05, 3.63) is 23.8 Å². The summed E-state index contributed by atoms with van der Waals surface area (Å²) in [5, 5.41) is 0. The van der Waals surface area contributed by atoms with E-state index in [1.807, 2.05) is 0 Å². The van der Waals surface area contributed by atoms with Gasteiger partial charge in [0.15, 0.2) is 11.5 Å². The fourth-order valence-corrected chi connectivity index (χ4v) is 2.12. The second kappa shape index (κ2) is 12.4. The molecule has 1 aromatic rings. The predicted molar refractivity (Wildman–Crippen MR) is 106 cm³/mol. The van der Waals surface area contributed by atoms with E-state index in [1.165, 1.54) is 18.2 Å². The molecule has 0 aliphatic rings. The van der Waals surface area contributed by atoms with E-state index < -0.39 is 36.4 Å². The molecule has 11 nitrogen and oxygen atoms in total. The minimum atomic E-state index is -1.05. The Balaban J connectivity index is 2.77. The van der Waals surface area contributed by atoms with Gasteiger partial charge in [0.05, 0.1) is 20.1 Å². The van der Waals surface area contributed by atoms with Gasteiger partial charge in [-0.05, 0) is 31.0 Å². The molecule has 11 heteroatoms. The fourth-order valence-electron chi connectivity index (χ4n) is 2.12.